The van der Waals surface area contributed by atoms with Crippen molar-refractivity contribution in [2.24, 2.45) is 11.7 Å². The summed E-state index contributed by atoms with van der Waals surface area (Å²) in [6.45, 7) is 6.43. The van der Waals surface area contributed by atoms with E-state index in [9.17, 15) is 9.59 Å². The molecule has 1 aromatic rings. The summed E-state index contributed by atoms with van der Waals surface area (Å²) in [4.78, 5) is 28.1. The highest BCUT2D eigenvalue weighted by Crippen LogP contribution is 2.28. The Morgan fingerprint density at radius 3 is 2.30 bits per heavy atom. The Morgan fingerprint density at radius 2 is 1.74 bits per heavy atom. The molecule has 9 heteroatoms. The number of methoxy groups -OCH3 is 1. The Hall–Kier alpha value is -1.70. The molecule has 1 aliphatic rings. The Bertz CT molecular complexity index is 608. The van der Waals surface area contributed by atoms with Gasteiger partial charge in [0.15, 0.2) is 0 Å². The maximum absolute atomic E-state index is 12.3. The number of ether oxygens (including phenoxy) is 1. The third-order valence-corrected chi connectivity index (χ3v) is 4.49. The van der Waals surface area contributed by atoms with Crippen LogP contribution in [-0.4, -0.2) is 62.6 Å². The lowest BCUT2D eigenvalue weighted by Gasteiger charge is -2.36. The topological polar surface area (TPSA) is 87.9 Å². The monoisotopic (exact) mass is 420 g/mol. The van der Waals surface area contributed by atoms with Crippen LogP contribution in [0.2, 0.25) is 0 Å². The predicted octanol–water partition coefficient (Wildman–Crippen LogP) is 1.29. The lowest BCUT2D eigenvalue weighted by atomic mass is 10.1. The number of hydrogen-bond acceptors (Lipinski definition) is 5. The molecule has 154 valence electrons. The number of nitrogens with two attached hydrogens (primary N) is 1. The highest BCUT2D eigenvalue weighted by atomic mass is 35.5. The van der Waals surface area contributed by atoms with Gasteiger partial charge in [0.1, 0.15) is 5.75 Å². The summed E-state index contributed by atoms with van der Waals surface area (Å²) in [7, 11) is 1.66. The summed E-state index contributed by atoms with van der Waals surface area (Å²) in [6.07, 6.45) is 0. The summed E-state index contributed by atoms with van der Waals surface area (Å²) in [6, 6.07) is 7.27. The molecular formula is C18H30Cl2N4O3. The fourth-order valence-corrected chi connectivity index (χ4v) is 2.78. The van der Waals surface area contributed by atoms with Gasteiger partial charge in [0.05, 0.1) is 25.4 Å². The summed E-state index contributed by atoms with van der Waals surface area (Å²) in [5.41, 5.74) is 6.81. The van der Waals surface area contributed by atoms with Gasteiger partial charge in [0.2, 0.25) is 11.8 Å². The van der Waals surface area contributed by atoms with Gasteiger partial charge in [0.25, 0.3) is 0 Å². The van der Waals surface area contributed by atoms with Crippen LogP contribution in [0.3, 0.4) is 0 Å². The van der Waals surface area contributed by atoms with Crippen LogP contribution in [0.25, 0.3) is 0 Å². The molecule has 0 spiro atoms. The van der Waals surface area contributed by atoms with E-state index in [-0.39, 0.29) is 49.1 Å². The van der Waals surface area contributed by atoms with Crippen molar-refractivity contribution in [1.82, 2.24) is 10.2 Å². The molecule has 1 fully saturated rings. The fraction of sp³-hybridized carbons (Fsp3) is 0.556. The average Bonchev–Trinajstić information content (AvgIpc) is 2.65. The minimum atomic E-state index is -0.588. The molecule has 0 unspecified atom stereocenters. The molecule has 1 aliphatic heterocycles. The van der Waals surface area contributed by atoms with E-state index in [1.165, 1.54) is 0 Å². The van der Waals surface area contributed by atoms with Gasteiger partial charge in [-0.2, -0.15) is 0 Å². The molecular weight excluding hydrogens is 391 g/mol. The van der Waals surface area contributed by atoms with E-state index < -0.39 is 6.04 Å². The zero-order valence-corrected chi connectivity index (χ0v) is 17.6. The number of nitrogens with one attached hydrogen (secondary N) is 1. The molecule has 1 atom stereocenters. The van der Waals surface area contributed by atoms with Gasteiger partial charge in [0, 0.05) is 26.2 Å². The van der Waals surface area contributed by atoms with Crippen molar-refractivity contribution >= 4 is 42.3 Å². The van der Waals surface area contributed by atoms with Gasteiger partial charge >= 0.3 is 0 Å². The van der Waals surface area contributed by atoms with Crippen molar-refractivity contribution in [3.8, 4) is 5.75 Å². The number of hydrogen-bond donors (Lipinski definition) is 2. The number of anilines is 1. The number of halogens is 2. The largest absolute Gasteiger partial charge is 0.495 e. The van der Waals surface area contributed by atoms with Gasteiger partial charge in [-0.3, -0.25) is 9.59 Å². The van der Waals surface area contributed by atoms with Crippen LogP contribution in [0, 0.1) is 5.92 Å². The molecule has 0 aromatic heterocycles. The summed E-state index contributed by atoms with van der Waals surface area (Å²) in [5.74, 6) is 0.511. The molecule has 1 aromatic carbocycles. The summed E-state index contributed by atoms with van der Waals surface area (Å²) in [5, 5.41) is 2.63. The van der Waals surface area contributed by atoms with E-state index in [1.807, 2.05) is 38.1 Å². The zero-order valence-electron chi connectivity index (χ0n) is 16.0. The first-order valence-corrected chi connectivity index (χ1v) is 8.63. The Labute approximate surface area is 173 Å². The maximum Gasteiger partial charge on any atom is 0.242 e. The van der Waals surface area contributed by atoms with Gasteiger partial charge in [-0.1, -0.05) is 26.0 Å². The number of rotatable bonds is 6. The number of amides is 2. The van der Waals surface area contributed by atoms with Crippen molar-refractivity contribution in [2.45, 2.75) is 19.9 Å². The summed E-state index contributed by atoms with van der Waals surface area (Å²) < 4.78 is 5.40. The minimum Gasteiger partial charge on any atom is -0.495 e. The van der Waals surface area contributed by atoms with Crippen molar-refractivity contribution in [2.75, 3.05) is 44.7 Å². The van der Waals surface area contributed by atoms with Crippen molar-refractivity contribution < 1.29 is 14.3 Å². The number of piperazine rings is 1. The number of carbonyl (C=O) groups is 2. The normalized spacial score (nSPS) is 14.7. The zero-order chi connectivity index (χ0) is 18.4. The second-order valence-corrected chi connectivity index (χ2v) is 6.53. The number of nitrogens with zero attached hydrogens (tertiary/aromatic N) is 2. The van der Waals surface area contributed by atoms with Crippen LogP contribution in [0.15, 0.2) is 24.3 Å². The highest BCUT2D eigenvalue weighted by Gasteiger charge is 2.24. The highest BCUT2D eigenvalue weighted by molar-refractivity contribution is 5.87. The van der Waals surface area contributed by atoms with Gasteiger partial charge in [-0.25, -0.2) is 0 Å². The van der Waals surface area contributed by atoms with Crippen LogP contribution >= 0.6 is 24.8 Å². The first-order valence-electron chi connectivity index (χ1n) is 8.63. The maximum atomic E-state index is 12.3. The van der Waals surface area contributed by atoms with Crippen LogP contribution in [0.1, 0.15) is 13.8 Å². The second kappa shape index (κ2) is 11.9. The van der Waals surface area contributed by atoms with Gasteiger partial charge in [-0.15, -0.1) is 24.8 Å². The van der Waals surface area contributed by atoms with E-state index in [0.29, 0.717) is 13.1 Å². The Kier molecular flexibility index (Phi) is 11.1. The van der Waals surface area contributed by atoms with Crippen LogP contribution in [0.5, 0.6) is 5.75 Å². The first-order chi connectivity index (χ1) is 11.9. The molecule has 27 heavy (non-hydrogen) atoms. The molecule has 7 nitrogen and oxygen atoms in total. The Morgan fingerprint density at radius 1 is 1.15 bits per heavy atom. The third-order valence-electron chi connectivity index (χ3n) is 4.49. The van der Waals surface area contributed by atoms with Crippen LogP contribution in [-0.2, 0) is 9.59 Å². The molecule has 0 saturated carbocycles. The molecule has 1 heterocycles. The lowest BCUT2D eigenvalue weighted by molar-refractivity contribution is -0.133. The average molecular weight is 421 g/mol. The molecule has 1 saturated heterocycles. The van der Waals surface area contributed by atoms with Crippen molar-refractivity contribution in [3.05, 3.63) is 24.3 Å². The van der Waals surface area contributed by atoms with Crippen molar-refractivity contribution in [3.63, 3.8) is 0 Å². The van der Waals surface area contributed by atoms with E-state index in [4.69, 9.17) is 10.5 Å². The lowest BCUT2D eigenvalue weighted by Crippen LogP contribution is -2.53. The smallest absolute Gasteiger partial charge is 0.242 e. The van der Waals surface area contributed by atoms with E-state index in [1.54, 1.807) is 12.0 Å². The minimum absolute atomic E-state index is 0. The van der Waals surface area contributed by atoms with E-state index in [0.717, 1.165) is 24.5 Å². The number of benzene rings is 1. The summed E-state index contributed by atoms with van der Waals surface area (Å²) >= 11 is 0. The molecule has 2 rings (SSSR count). The molecule has 2 amide bonds. The van der Waals surface area contributed by atoms with E-state index in [2.05, 4.69) is 10.2 Å². The quantitative estimate of drug-likeness (QED) is 0.723. The van der Waals surface area contributed by atoms with E-state index >= 15 is 0 Å². The fourth-order valence-electron chi connectivity index (χ4n) is 2.78. The molecule has 0 aliphatic carbocycles. The number of para-hydroxylation sites is 2. The Balaban J connectivity index is 0.00000338. The molecule has 0 radical (unpaired) electrons. The predicted molar refractivity (Wildman–Crippen MR) is 112 cm³/mol. The van der Waals surface area contributed by atoms with Crippen molar-refractivity contribution in [1.29, 1.82) is 0 Å². The van der Waals surface area contributed by atoms with Gasteiger partial charge < -0.3 is 25.6 Å². The first kappa shape index (κ1) is 25.3. The molecule has 3 N–H and O–H groups in total. The standard InChI is InChI=1S/C18H28N4O3.2ClH/c1-13(2)17(19)18(24)20-12-16(23)22-10-8-21(9-11-22)14-6-4-5-7-15(14)25-3;;/h4-7,13,17H,8-12,19H2,1-3H3,(H,20,24);2*1H/t17-;;/m0../s1. The second-order valence-electron chi connectivity index (χ2n) is 6.53. The third kappa shape index (κ3) is 6.75. The SMILES string of the molecule is COc1ccccc1N1CCN(C(=O)CNC(=O)[C@@H](N)C(C)C)CC1.Cl.Cl. The molecule has 0 bridgehead atoms. The van der Waals surface area contributed by atoms with Crippen LogP contribution < -0.4 is 20.7 Å². The van der Waals surface area contributed by atoms with Crippen LogP contribution in [0.4, 0.5) is 5.69 Å². The van der Waals surface area contributed by atoms with Gasteiger partial charge in [-0.05, 0) is 18.1 Å². The number of carbonyl (C=O) groups excluding carboxylic acids is 2.